The molecular weight excluding hydrogens is 366 g/mol. The lowest BCUT2D eigenvalue weighted by molar-refractivity contribution is 0.0258. The second-order valence-electron chi connectivity index (χ2n) is 7.22. The van der Waals surface area contributed by atoms with E-state index in [9.17, 15) is 0 Å². The largest absolute Gasteiger partial charge is 0.379 e. The molecule has 29 heavy (non-hydrogen) atoms. The third-order valence-electron chi connectivity index (χ3n) is 4.45. The smallest absolute Gasteiger partial charge is 0.191 e. The number of hydrogen-bond donors (Lipinski definition) is 2. The van der Waals surface area contributed by atoms with Gasteiger partial charge in [-0.15, -0.1) is 0 Å². The van der Waals surface area contributed by atoms with Gasteiger partial charge in [0.25, 0.3) is 0 Å². The number of rotatable bonds is 15. The van der Waals surface area contributed by atoms with E-state index in [4.69, 9.17) is 19.2 Å². The Hall–Kier alpha value is -1.63. The van der Waals surface area contributed by atoms with Crippen LogP contribution in [0.25, 0.3) is 0 Å². The van der Waals surface area contributed by atoms with Crippen molar-refractivity contribution in [3.05, 3.63) is 35.4 Å². The normalized spacial score (nSPS) is 13.0. The zero-order valence-electron chi connectivity index (χ0n) is 19.0. The highest BCUT2D eigenvalue weighted by Crippen LogP contribution is 2.10. The van der Waals surface area contributed by atoms with Crippen molar-refractivity contribution in [1.82, 2.24) is 10.6 Å². The Kier molecular flexibility index (Phi) is 14.2. The van der Waals surface area contributed by atoms with Crippen molar-refractivity contribution < 1.29 is 14.2 Å². The van der Waals surface area contributed by atoms with Crippen LogP contribution in [0.5, 0.6) is 0 Å². The summed E-state index contributed by atoms with van der Waals surface area (Å²) in [7, 11) is 0. The van der Waals surface area contributed by atoms with Crippen LogP contribution in [-0.4, -0.2) is 51.6 Å². The van der Waals surface area contributed by atoms with Crippen LogP contribution in [0.15, 0.2) is 29.3 Å². The monoisotopic (exact) mass is 407 g/mol. The average molecular weight is 408 g/mol. The quantitative estimate of drug-likeness (QED) is 0.263. The van der Waals surface area contributed by atoms with Crippen molar-refractivity contribution >= 4 is 5.96 Å². The molecule has 6 heteroatoms. The van der Waals surface area contributed by atoms with Gasteiger partial charge in [-0.3, -0.25) is 0 Å². The summed E-state index contributed by atoms with van der Waals surface area (Å²) in [5.74, 6) is 1.35. The van der Waals surface area contributed by atoms with E-state index in [1.54, 1.807) is 0 Å². The summed E-state index contributed by atoms with van der Waals surface area (Å²) in [4.78, 5) is 4.73. The Morgan fingerprint density at radius 2 is 1.76 bits per heavy atom. The summed E-state index contributed by atoms with van der Waals surface area (Å²) in [5, 5.41) is 6.74. The van der Waals surface area contributed by atoms with Gasteiger partial charge in [0.05, 0.1) is 32.5 Å². The van der Waals surface area contributed by atoms with Gasteiger partial charge < -0.3 is 24.8 Å². The van der Waals surface area contributed by atoms with Gasteiger partial charge in [-0.1, -0.05) is 38.1 Å². The maximum atomic E-state index is 5.82. The highest BCUT2D eigenvalue weighted by molar-refractivity contribution is 5.79. The Morgan fingerprint density at radius 3 is 2.45 bits per heavy atom. The second-order valence-corrected chi connectivity index (χ2v) is 7.22. The Bertz CT molecular complexity index is 564. The van der Waals surface area contributed by atoms with E-state index >= 15 is 0 Å². The lowest BCUT2D eigenvalue weighted by Gasteiger charge is -2.21. The molecule has 0 spiro atoms. The van der Waals surface area contributed by atoms with E-state index in [2.05, 4.69) is 55.7 Å². The molecule has 0 fully saturated rings. The first-order valence-electron chi connectivity index (χ1n) is 11.0. The molecule has 0 aliphatic heterocycles. The molecule has 1 rings (SSSR count). The summed E-state index contributed by atoms with van der Waals surface area (Å²) in [6.07, 6.45) is 1.24. The fourth-order valence-corrected chi connectivity index (χ4v) is 2.94. The van der Waals surface area contributed by atoms with Crippen LogP contribution in [0, 0.1) is 5.92 Å². The summed E-state index contributed by atoms with van der Waals surface area (Å²) < 4.78 is 16.8. The molecule has 1 aromatic carbocycles. The number of guanidine groups is 1. The molecule has 6 nitrogen and oxygen atoms in total. The summed E-state index contributed by atoms with van der Waals surface area (Å²) in [5.41, 5.74) is 2.33. The van der Waals surface area contributed by atoms with Gasteiger partial charge in [0.2, 0.25) is 0 Å². The number of hydrogen-bond acceptors (Lipinski definition) is 4. The van der Waals surface area contributed by atoms with Gasteiger partial charge in [0, 0.05) is 26.3 Å². The van der Waals surface area contributed by atoms with E-state index in [1.807, 2.05) is 13.8 Å². The molecule has 1 aromatic rings. The highest BCUT2D eigenvalue weighted by Gasteiger charge is 2.12. The second kappa shape index (κ2) is 16.2. The van der Waals surface area contributed by atoms with Gasteiger partial charge in [-0.05, 0) is 44.2 Å². The molecule has 166 valence electrons. The van der Waals surface area contributed by atoms with Crippen LogP contribution in [0.1, 0.15) is 52.2 Å². The number of aliphatic imine (C=N–C) groups is 1. The van der Waals surface area contributed by atoms with Gasteiger partial charge in [-0.25, -0.2) is 4.99 Å². The minimum absolute atomic E-state index is 0.273. The number of ether oxygens (including phenoxy) is 3. The van der Waals surface area contributed by atoms with Crippen molar-refractivity contribution in [3.8, 4) is 0 Å². The molecule has 0 radical (unpaired) electrons. The predicted octanol–water partition coefficient (Wildman–Crippen LogP) is 3.75. The van der Waals surface area contributed by atoms with E-state index in [-0.39, 0.29) is 6.10 Å². The van der Waals surface area contributed by atoms with Crippen LogP contribution in [0.3, 0.4) is 0 Å². The van der Waals surface area contributed by atoms with Crippen molar-refractivity contribution in [2.24, 2.45) is 10.9 Å². The minimum Gasteiger partial charge on any atom is -0.379 e. The first-order valence-corrected chi connectivity index (χ1v) is 11.0. The van der Waals surface area contributed by atoms with Crippen LogP contribution in [-0.2, 0) is 27.4 Å². The number of benzene rings is 1. The van der Waals surface area contributed by atoms with Gasteiger partial charge >= 0.3 is 0 Å². The van der Waals surface area contributed by atoms with E-state index < -0.39 is 0 Å². The lowest BCUT2D eigenvalue weighted by atomic mass is 10.0. The van der Waals surface area contributed by atoms with Crippen molar-refractivity contribution in [3.63, 3.8) is 0 Å². The standard InChI is InChI=1S/C23H41N3O3/c1-6-24-23(25-13-12-22(19(4)5)29-8-3)26-17-20-10-9-11-21(16-20)18-28-15-14-27-7-2/h9-11,16,19,22H,6-8,12-15,17-18H2,1-5H3,(H2,24,25,26). The van der Waals surface area contributed by atoms with Gasteiger partial charge in [0.15, 0.2) is 5.96 Å². The average Bonchev–Trinajstić information content (AvgIpc) is 2.71. The molecule has 1 unspecified atom stereocenters. The SMILES string of the molecule is CCNC(=NCc1cccc(COCCOCC)c1)NCCC(OCC)C(C)C. The molecule has 0 bridgehead atoms. The maximum absolute atomic E-state index is 5.82. The summed E-state index contributed by atoms with van der Waals surface area (Å²) in [6, 6.07) is 8.39. The molecule has 1 atom stereocenters. The Balaban J connectivity index is 2.52. The van der Waals surface area contributed by atoms with Crippen LogP contribution < -0.4 is 10.6 Å². The van der Waals surface area contributed by atoms with Crippen molar-refractivity contribution in [2.45, 2.75) is 60.3 Å². The summed E-state index contributed by atoms with van der Waals surface area (Å²) in [6.45, 7) is 16.1. The molecular formula is C23H41N3O3. The fourth-order valence-electron chi connectivity index (χ4n) is 2.94. The number of nitrogens with one attached hydrogen (secondary N) is 2. The zero-order chi connectivity index (χ0) is 21.3. The third kappa shape index (κ3) is 11.8. The highest BCUT2D eigenvalue weighted by atomic mass is 16.5. The molecule has 2 N–H and O–H groups in total. The van der Waals surface area contributed by atoms with E-state index in [0.717, 1.165) is 44.2 Å². The van der Waals surface area contributed by atoms with Crippen molar-refractivity contribution in [1.29, 1.82) is 0 Å². The van der Waals surface area contributed by atoms with Crippen molar-refractivity contribution in [2.75, 3.05) is 39.5 Å². The lowest BCUT2D eigenvalue weighted by Crippen LogP contribution is -2.39. The van der Waals surface area contributed by atoms with Gasteiger partial charge in [-0.2, -0.15) is 0 Å². The van der Waals surface area contributed by atoms with Crippen LogP contribution in [0.2, 0.25) is 0 Å². The molecule has 0 aliphatic rings. The topological polar surface area (TPSA) is 64.1 Å². The minimum atomic E-state index is 0.273. The van der Waals surface area contributed by atoms with Crippen LogP contribution >= 0.6 is 0 Å². The molecule has 0 amide bonds. The number of nitrogens with zero attached hydrogens (tertiary/aromatic N) is 1. The maximum Gasteiger partial charge on any atom is 0.191 e. The first kappa shape index (κ1) is 25.4. The predicted molar refractivity (Wildman–Crippen MR) is 120 cm³/mol. The first-order chi connectivity index (χ1) is 14.1. The van der Waals surface area contributed by atoms with E-state index in [0.29, 0.717) is 32.3 Å². The zero-order valence-corrected chi connectivity index (χ0v) is 19.0. The van der Waals surface area contributed by atoms with Gasteiger partial charge in [0.1, 0.15) is 0 Å². The Morgan fingerprint density at radius 1 is 1.00 bits per heavy atom. The fraction of sp³-hybridized carbons (Fsp3) is 0.696. The molecule has 0 saturated carbocycles. The molecule has 0 heterocycles. The molecule has 0 saturated heterocycles. The summed E-state index contributed by atoms with van der Waals surface area (Å²) >= 11 is 0. The third-order valence-corrected chi connectivity index (χ3v) is 4.45. The van der Waals surface area contributed by atoms with Crippen LogP contribution in [0.4, 0.5) is 0 Å². The Labute approximate surface area is 177 Å². The molecule has 0 aromatic heterocycles. The van der Waals surface area contributed by atoms with E-state index in [1.165, 1.54) is 5.56 Å². The molecule has 0 aliphatic carbocycles.